The van der Waals surface area contributed by atoms with Gasteiger partial charge in [0.05, 0.1) is 7.11 Å². The number of aryl methyl sites for hydroxylation is 2. The van der Waals surface area contributed by atoms with Gasteiger partial charge in [-0.1, -0.05) is 35.0 Å². The second-order valence-corrected chi connectivity index (χ2v) is 6.12. The maximum atomic E-state index is 5.91. The lowest BCUT2D eigenvalue weighted by molar-refractivity contribution is 0.409. The molecule has 0 aliphatic heterocycles. The monoisotopic (exact) mass is 346 g/mol. The fourth-order valence-electron chi connectivity index (χ4n) is 2.78. The van der Waals surface area contributed by atoms with Crippen LogP contribution in [0.3, 0.4) is 0 Å². The van der Waals surface area contributed by atoms with Gasteiger partial charge in [0.25, 0.3) is 5.89 Å². The van der Waals surface area contributed by atoms with Gasteiger partial charge in [0.2, 0.25) is 5.82 Å². The van der Waals surface area contributed by atoms with E-state index in [4.69, 9.17) is 13.7 Å². The number of nitrogens with zero attached hydrogens (tertiary/aromatic N) is 2. The minimum atomic E-state index is 0.429. The summed E-state index contributed by atoms with van der Waals surface area (Å²) < 4.78 is 16.5. The number of rotatable bonds is 4. The maximum Gasteiger partial charge on any atom is 0.251 e. The minimum Gasteiger partial charge on any atom is -0.497 e. The summed E-state index contributed by atoms with van der Waals surface area (Å²) in [5.41, 5.74) is 4.01. The third kappa shape index (κ3) is 2.99. The molecule has 0 aliphatic carbocycles. The molecule has 0 fully saturated rings. The lowest BCUT2D eigenvalue weighted by Crippen LogP contribution is -1.82. The zero-order chi connectivity index (χ0) is 18.1. The Balaban J connectivity index is 1.64. The first kappa shape index (κ1) is 16.1. The fourth-order valence-corrected chi connectivity index (χ4v) is 2.78. The minimum absolute atomic E-state index is 0.429. The summed E-state index contributed by atoms with van der Waals surface area (Å²) in [6.45, 7) is 4.03. The highest BCUT2D eigenvalue weighted by molar-refractivity contribution is 5.87. The number of fused-ring (bicyclic) bond motifs is 1. The number of benzene rings is 2. The van der Waals surface area contributed by atoms with Crippen molar-refractivity contribution in [3.05, 3.63) is 65.0 Å². The highest BCUT2D eigenvalue weighted by Gasteiger charge is 2.17. The standard InChI is InChI=1S/C21H18N2O3/c1-13-4-6-15(7-5-13)8-11-19-22-21(23-26-19)20-14(2)17-12-16(24-3)9-10-18(17)25-20/h4-12H,1-3H3. The molecule has 0 bridgehead atoms. The van der Waals surface area contributed by atoms with Crippen molar-refractivity contribution in [3.63, 3.8) is 0 Å². The van der Waals surface area contributed by atoms with E-state index in [-0.39, 0.29) is 0 Å². The van der Waals surface area contributed by atoms with E-state index < -0.39 is 0 Å². The Labute approximate surface area is 150 Å². The first-order valence-corrected chi connectivity index (χ1v) is 8.30. The molecule has 0 aliphatic rings. The molecule has 0 spiro atoms. The molecule has 2 aromatic carbocycles. The number of furan rings is 1. The van der Waals surface area contributed by atoms with Crippen LogP contribution in [0.5, 0.6) is 5.75 Å². The molecule has 0 atom stereocenters. The first-order chi connectivity index (χ1) is 12.6. The second-order valence-electron chi connectivity index (χ2n) is 6.12. The van der Waals surface area contributed by atoms with Crippen molar-refractivity contribution in [2.24, 2.45) is 0 Å². The average Bonchev–Trinajstić information content (AvgIpc) is 3.25. The average molecular weight is 346 g/mol. The molecule has 0 amide bonds. The van der Waals surface area contributed by atoms with Crippen molar-refractivity contribution in [1.82, 2.24) is 10.1 Å². The van der Waals surface area contributed by atoms with Gasteiger partial charge in [0, 0.05) is 17.0 Å². The smallest absolute Gasteiger partial charge is 0.251 e. The van der Waals surface area contributed by atoms with E-state index >= 15 is 0 Å². The van der Waals surface area contributed by atoms with Crippen LogP contribution in [0.4, 0.5) is 0 Å². The molecule has 0 radical (unpaired) electrons. The van der Waals surface area contributed by atoms with Crippen molar-refractivity contribution < 1.29 is 13.7 Å². The van der Waals surface area contributed by atoms with Crippen LogP contribution in [0.2, 0.25) is 0 Å². The maximum absolute atomic E-state index is 5.91. The van der Waals surface area contributed by atoms with Crippen LogP contribution in [0, 0.1) is 13.8 Å². The summed E-state index contributed by atoms with van der Waals surface area (Å²) >= 11 is 0. The SMILES string of the molecule is COc1ccc2oc(-c3noc(C=Cc4ccc(C)cc4)n3)c(C)c2c1. The molecule has 26 heavy (non-hydrogen) atoms. The molecule has 5 heteroatoms. The Morgan fingerprint density at radius 2 is 1.81 bits per heavy atom. The molecule has 0 N–H and O–H groups in total. The highest BCUT2D eigenvalue weighted by Crippen LogP contribution is 2.33. The van der Waals surface area contributed by atoms with Gasteiger partial charge < -0.3 is 13.7 Å². The van der Waals surface area contributed by atoms with E-state index in [2.05, 4.69) is 29.2 Å². The van der Waals surface area contributed by atoms with Crippen LogP contribution in [0.25, 0.3) is 34.7 Å². The molecule has 0 unspecified atom stereocenters. The van der Waals surface area contributed by atoms with E-state index in [1.54, 1.807) is 13.2 Å². The van der Waals surface area contributed by atoms with Gasteiger partial charge in [-0.15, -0.1) is 0 Å². The van der Waals surface area contributed by atoms with Crippen molar-refractivity contribution in [1.29, 1.82) is 0 Å². The lowest BCUT2D eigenvalue weighted by Gasteiger charge is -1.97. The van der Waals surface area contributed by atoms with Crippen LogP contribution in [-0.2, 0) is 0 Å². The van der Waals surface area contributed by atoms with E-state index in [9.17, 15) is 0 Å². The van der Waals surface area contributed by atoms with E-state index in [1.165, 1.54) is 5.56 Å². The molecule has 0 saturated carbocycles. The van der Waals surface area contributed by atoms with Crippen molar-refractivity contribution in [2.45, 2.75) is 13.8 Å². The third-order valence-electron chi connectivity index (χ3n) is 4.28. The van der Waals surface area contributed by atoms with Gasteiger partial charge in [0.1, 0.15) is 11.3 Å². The topological polar surface area (TPSA) is 61.3 Å². The molecule has 130 valence electrons. The molecular formula is C21H18N2O3. The van der Waals surface area contributed by atoms with Gasteiger partial charge in [-0.3, -0.25) is 0 Å². The number of methoxy groups -OCH3 is 1. The van der Waals surface area contributed by atoms with Crippen LogP contribution >= 0.6 is 0 Å². The summed E-state index contributed by atoms with van der Waals surface area (Å²) in [6.07, 6.45) is 3.73. The van der Waals surface area contributed by atoms with E-state index in [0.717, 1.165) is 27.8 Å². The fraction of sp³-hybridized carbons (Fsp3) is 0.143. The zero-order valence-corrected chi connectivity index (χ0v) is 14.8. The Morgan fingerprint density at radius 1 is 1.00 bits per heavy atom. The predicted octanol–water partition coefficient (Wildman–Crippen LogP) is 5.28. The van der Waals surface area contributed by atoms with Gasteiger partial charge in [-0.25, -0.2) is 0 Å². The third-order valence-corrected chi connectivity index (χ3v) is 4.28. The lowest BCUT2D eigenvalue weighted by atomic mass is 10.1. The highest BCUT2D eigenvalue weighted by atomic mass is 16.5. The van der Waals surface area contributed by atoms with Gasteiger partial charge in [-0.2, -0.15) is 4.98 Å². The van der Waals surface area contributed by atoms with E-state index in [0.29, 0.717) is 17.5 Å². The Kier molecular flexibility index (Phi) is 4.05. The molecule has 2 aromatic heterocycles. The molecule has 0 saturated heterocycles. The molecule has 4 aromatic rings. The zero-order valence-electron chi connectivity index (χ0n) is 14.8. The Hall–Kier alpha value is -3.34. The quantitative estimate of drug-likeness (QED) is 0.503. The number of hydrogen-bond acceptors (Lipinski definition) is 5. The largest absolute Gasteiger partial charge is 0.497 e. The Bertz CT molecular complexity index is 1090. The Morgan fingerprint density at radius 3 is 2.58 bits per heavy atom. The summed E-state index contributed by atoms with van der Waals surface area (Å²) in [4.78, 5) is 4.42. The van der Waals surface area contributed by atoms with Crippen LogP contribution < -0.4 is 4.74 Å². The molecule has 4 rings (SSSR count). The number of ether oxygens (including phenoxy) is 1. The van der Waals surface area contributed by atoms with Gasteiger partial charge in [-0.05, 0) is 43.7 Å². The molecular weight excluding hydrogens is 328 g/mol. The van der Waals surface area contributed by atoms with E-state index in [1.807, 2.05) is 43.3 Å². The van der Waals surface area contributed by atoms with Crippen molar-refractivity contribution >= 4 is 23.1 Å². The van der Waals surface area contributed by atoms with Crippen LogP contribution in [0.1, 0.15) is 22.6 Å². The summed E-state index contributed by atoms with van der Waals surface area (Å²) in [6, 6.07) is 13.9. The molecule has 5 nitrogen and oxygen atoms in total. The second kappa shape index (κ2) is 6.52. The normalized spacial score (nSPS) is 11.5. The molecule has 2 heterocycles. The predicted molar refractivity (Wildman–Crippen MR) is 101 cm³/mol. The number of hydrogen-bond donors (Lipinski definition) is 0. The van der Waals surface area contributed by atoms with Gasteiger partial charge >= 0.3 is 0 Å². The van der Waals surface area contributed by atoms with Gasteiger partial charge in [0.15, 0.2) is 5.76 Å². The number of aromatic nitrogens is 2. The van der Waals surface area contributed by atoms with Crippen LogP contribution in [-0.4, -0.2) is 17.3 Å². The summed E-state index contributed by atoms with van der Waals surface area (Å²) in [5.74, 6) is 2.24. The van der Waals surface area contributed by atoms with Crippen LogP contribution in [0.15, 0.2) is 51.4 Å². The first-order valence-electron chi connectivity index (χ1n) is 8.30. The summed E-state index contributed by atoms with van der Waals surface area (Å²) in [5, 5.41) is 5.02. The van der Waals surface area contributed by atoms with Crippen molar-refractivity contribution in [3.8, 4) is 17.3 Å². The summed E-state index contributed by atoms with van der Waals surface area (Å²) in [7, 11) is 1.64. The van der Waals surface area contributed by atoms with Crippen molar-refractivity contribution in [2.75, 3.05) is 7.11 Å².